The molecule has 7 nitrogen and oxygen atoms in total. The molecule has 2 fully saturated rings. The van der Waals surface area contributed by atoms with E-state index in [1.165, 1.54) is 9.80 Å². The second kappa shape index (κ2) is 7.89. The minimum Gasteiger partial charge on any atom is -0.447 e. The molecule has 2 amide bonds. The summed E-state index contributed by atoms with van der Waals surface area (Å²) >= 11 is 0. The molecule has 2 aliphatic rings. The number of nitrogens with zero attached hydrogens (tertiary/aromatic N) is 4. The number of pyridine rings is 1. The highest BCUT2D eigenvalue weighted by Gasteiger charge is 2.34. The normalized spacial score (nSPS) is 19.3. The van der Waals surface area contributed by atoms with E-state index in [0.29, 0.717) is 26.2 Å². The molecule has 30 heavy (non-hydrogen) atoms. The largest absolute Gasteiger partial charge is 0.447 e. The number of carbonyl (C=O) groups excluding carboxylic acids is 2. The Morgan fingerprint density at radius 3 is 2.33 bits per heavy atom. The van der Waals surface area contributed by atoms with E-state index in [9.17, 15) is 18.4 Å². The third-order valence-corrected chi connectivity index (χ3v) is 5.39. The third-order valence-electron chi connectivity index (χ3n) is 5.39. The summed E-state index contributed by atoms with van der Waals surface area (Å²) in [5.41, 5.74) is 0.478. The molecule has 2 saturated heterocycles. The van der Waals surface area contributed by atoms with E-state index in [1.807, 2.05) is 24.0 Å². The summed E-state index contributed by atoms with van der Waals surface area (Å²) in [4.78, 5) is 33.6. The van der Waals surface area contributed by atoms with Crippen molar-refractivity contribution < 1.29 is 23.1 Å². The lowest BCUT2D eigenvalue weighted by atomic mass is 10.1. The molecule has 0 aliphatic carbocycles. The zero-order valence-corrected chi connectivity index (χ0v) is 16.8. The predicted octanol–water partition coefficient (Wildman–Crippen LogP) is 2.98. The highest BCUT2D eigenvalue weighted by Crippen LogP contribution is 2.28. The van der Waals surface area contributed by atoms with Crippen molar-refractivity contribution in [1.82, 2.24) is 9.88 Å². The van der Waals surface area contributed by atoms with E-state index in [4.69, 9.17) is 4.74 Å². The molecule has 1 aromatic carbocycles. The van der Waals surface area contributed by atoms with Gasteiger partial charge in [0, 0.05) is 32.4 Å². The number of aryl methyl sites for hydroxylation is 1. The molecule has 9 heteroatoms. The number of rotatable bonds is 3. The summed E-state index contributed by atoms with van der Waals surface area (Å²) in [5.74, 6) is -1.89. The van der Waals surface area contributed by atoms with Crippen LogP contribution in [0.2, 0.25) is 0 Å². The van der Waals surface area contributed by atoms with Gasteiger partial charge >= 0.3 is 6.09 Å². The Morgan fingerprint density at radius 2 is 1.80 bits per heavy atom. The number of ether oxygens (including phenoxy) is 1. The third kappa shape index (κ3) is 3.67. The summed E-state index contributed by atoms with van der Waals surface area (Å²) in [5, 5.41) is 0. The molecule has 1 aromatic heterocycles. The number of cyclic esters (lactones) is 1. The fourth-order valence-corrected chi connectivity index (χ4v) is 3.72. The maximum atomic E-state index is 14.7. The Labute approximate surface area is 172 Å². The van der Waals surface area contributed by atoms with Crippen LogP contribution in [-0.4, -0.2) is 60.7 Å². The fourth-order valence-electron chi connectivity index (χ4n) is 3.72. The lowest BCUT2D eigenvalue weighted by Gasteiger charge is -2.35. The fraction of sp³-hybridized carbons (Fsp3) is 0.381. The average molecular weight is 416 g/mol. The molecule has 1 unspecified atom stereocenters. The van der Waals surface area contributed by atoms with Crippen molar-refractivity contribution in [3.63, 3.8) is 0 Å². The smallest absolute Gasteiger partial charge is 0.414 e. The van der Waals surface area contributed by atoms with Gasteiger partial charge in [-0.25, -0.2) is 18.6 Å². The standard InChI is InChI=1S/C21H22F2N4O3/c1-13-3-4-18(24-11-13)25-5-7-26(8-6-25)20(28)19-16(22)9-15(10-17(19)23)27-14(2)12-30-21(27)29/h3-4,9-11,14H,5-8,12H2,1-2H3. The second-order valence-corrected chi connectivity index (χ2v) is 7.55. The number of halogens is 2. The van der Waals surface area contributed by atoms with Gasteiger partial charge in [0.15, 0.2) is 0 Å². The Morgan fingerprint density at radius 1 is 1.13 bits per heavy atom. The molecule has 0 bridgehead atoms. The highest BCUT2D eigenvalue weighted by molar-refractivity contribution is 5.96. The van der Waals surface area contributed by atoms with E-state index in [0.717, 1.165) is 23.5 Å². The lowest BCUT2D eigenvalue weighted by Crippen LogP contribution is -2.49. The predicted molar refractivity (Wildman–Crippen MR) is 107 cm³/mol. The molecular weight excluding hydrogens is 394 g/mol. The SMILES string of the molecule is Cc1ccc(N2CCN(C(=O)c3c(F)cc(N4C(=O)OCC4C)cc3F)CC2)nc1. The van der Waals surface area contributed by atoms with Crippen LogP contribution in [0.15, 0.2) is 30.5 Å². The molecule has 3 heterocycles. The Kier molecular flexibility index (Phi) is 5.27. The Balaban J connectivity index is 1.48. The number of piperazine rings is 1. The van der Waals surface area contributed by atoms with Gasteiger partial charge in [-0.05, 0) is 37.6 Å². The maximum absolute atomic E-state index is 14.7. The molecule has 1 atom stereocenters. The summed E-state index contributed by atoms with van der Waals surface area (Å²) in [6.07, 6.45) is 1.11. The first-order valence-corrected chi connectivity index (χ1v) is 9.77. The summed E-state index contributed by atoms with van der Waals surface area (Å²) in [6.45, 7) is 5.48. The zero-order valence-electron chi connectivity index (χ0n) is 16.8. The van der Waals surface area contributed by atoms with E-state index in [1.54, 1.807) is 13.1 Å². The van der Waals surface area contributed by atoms with Crippen molar-refractivity contribution in [3.05, 3.63) is 53.2 Å². The number of aromatic nitrogens is 1. The van der Waals surface area contributed by atoms with Crippen LogP contribution >= 0.6 is 0 Å². The van der Waals surface area contributed by atoms with Crippen LogP contribution in [0, 0.1) is 18.6 Å². The summed E-state index contributed by atoms with van der Waals surface area (Å²) < 4.78 is 34.3. The number of amides is 2. The van der Waals surface area contributed by atoms with Crippen LogP contribution in [0.25, 0.3) is 0 Å². The van der Waals surface area contributed by atoms with Gasteiger partial charge in [-0.1, -0.05) is 6.07 Å². The van der Waals surface area contributed by atoms with E-state index < -0.39 is 29.2 Å². The minimum absolute atomic E-state index is 0.0341. The topological polar surface area (TPSA) is 66.0 Å². The van der Waals surface area contributed by atoms with Crippen LogP contribution in [0.1, 0.15) is 22.8 Å². The quantitative estimate of drug-likeness (QED) is 0.770. The van der Waals surface area contributed by atoms with Crippen molar-refractivity contribution in [2.24, 2.45) is 0 Å². The average Bonchev–Trinajstić information content (AvgIpc) is 3.06. The molecular formula is C21H22F2N4O3. The lowest BCUT2D eigenvalue weighted by molar-refractivity contribution is 0.0736. The number of benzene rings is 1. The summed E-state index contributed by atoms with van der Waals surface area (Å²) in [7, 11) is 0. The molecule has 2 aliphatic heterocycles. The van der Waals surface area contributed by atoms with Crippen LogP contribution in [-0.2, 0) is 4.74 Å². The molecule has 0 spiro atoms. The van der Waals surface area contributed by atoms with Gasteiger partial charge in [-0.2, -0.15) is 0 Å². The maximum Gasteiger partial charge on any atom is 0.414 e. The molecule has 4 rings (SSSR count). The number of hydrogen-bond acceptors (Lipinski definition) is 5. The minimum atomic E-state index is -0.996. The van der Waals surface area contributed by atoms with E-state index in [2.05, 4.69) is 4.98 Å². The molecule has 158 valence electrons. The van der Waals surface area contributed by atoms with Gasteiger partial charge in [0.2, 0.25) is 0 Å². The van der Waals surface area contributed by atoms with E-state index >= 15 is 0 Å². The van der Waals surface area contributed by atoms with Gasteiger partial charge in [-0.15, -0.1) is 0 Å². The van der Waals surface area contributed by atoms with Gasteiger partial charge in [0.1, 0.15) is 29.6 Å². The van der Waals surface area contributed by atoms with Crippen molar-refractivity contribution in [1.29, 1.82) is 0 Å². The first-order valence-electron chi connectivity index (χ1n) is 9.77. The van der Waals surface area contributed by atoms with Crippen LogP contribution < -0.4 is 9.80 Å². The molecule has 0 N–H and O–H groups in total. The number of anilines is 2. The number of hydrogen-bond donors (Lipinski definition) is 0. The van der Waals surface area contributed by atoms with Crippen molar-refractivity contribution in [2.45, 2.75) is 19.9 Å². The molecule has 0 radical (unpaired) electrons. The van der Waals surface area contributed by atoms with Gasteiger partial charge in [0.05, 0.1) is 11.7 Å². The number of carbonyl (C=O) groups is 2. The van der Waals surface area contributed by atoms with Crippen molar-refractivity contribution >= 4 is 23.5 Å². The van der Waals surface area contributed by atoms with E-state index in [-0.39, 0.29) is 18.3 Å². The van der Waals surface area contributed by atoms with Gasteiger partial charge < -0.3 is 14.5 Å². The van der Waals surface area contributed by atoms with Crippen molar-refractivity contribution in [2.75, 3.05) is 42.6 Å². The Hall–Kier alpha value is -3.23. The molecule has 2 aromatic rings. The molecule has 0 saturated carbocycles. The van der Waals surface area contributed by atoms with Gasteiger partial charge in [0.25, 0.3) is 5.91 Å². The summed E-state index contributed by atoms with van der Waals surface area (Å²) in [6, 6.07) is 5.54. The highest BCUT2D eigenvalue weighted by atomic mass is 19.1. The first-order chi connectivity index (χ1) is 14.3. The first kappa shape index (κ1) is 20.1. The van der Waals surface area contributed by atoms with Crippen LogP contribution in [0.5, 0.6) is 0 Å². The van der Waals surface area contributed by atoms with Crippen LogP contribution in [0.3, 0.4) is 0 Å². The monoisotopic (exact) mass is 416 g/mol. The van der Waals surface area contributed by atoms with Gasteiger partial charge in [-0.3, -0.25) is 9.69 Å². The van der Waals surface area contributed by atoms with Crippen LogP contribution in [0.4, 0.5) is 25.1 Å². The zero-order chi connectivity index (χ0) is 21.4. The second-order valence-electron chi connectivity index (χ2n) is 7.55. The Bertz CT molecular complexity index is 952. The van der Waals surface area contributed by atoms with Crippen molar-refractivity contribution in [3.8, 4) is 0 Å².